The van der Waals surface area contributed by atoms with Crippen LogP contribution < -0.4 is 5.32 Å². The molecule has 1 aromatic rings. The average molecular weight is 237 g/mol. The lowest BCUT2D eigenvalue weighted by molar-refractivity contribution is 0.0641. The minimum absolute atomic E-state index is 0.0666. The number of nitrogens with one attached hydrogen (secondary N) is 1. The monoisotopic (exact) mass is 237 g/mol. The second-order valence-corrected chi connectivity index (χ2v) is 5.80. The molecule has 0 aromatic carbocycles. The lowest BCUT2D eigenvalue weighted by Gasteiger charge is -2.36. The summed E-state index contributed by atoms with van der Waals surface area (Å²) in [5.41, 5.74) is -0.0666. The van der Waals surface area contributed by atoms with Crippen molar-refractivity contribution < 1.29 is 5.11 Å². The Morgan fingerprint density at radius 1 is 1.18 bits per heavy atom. The van der Waals surface area contributed by atoms with E-state index < -0.39 is 6.10 Å². The van der Waals surface area contributed by atoms with Gasteiger partial charge in [-0.15, -0.1) is 0 Å². The van der Waals surface area contributed by atoms with E-state index in [9.17, 15) is 5.11 Å². The maximum atomic E-state index is 10.3. The van der Waals surface area contributed by atoms with Gasteiger partial charge in [-0.1, -0.05) is 34.6 Å². The molecule has 0 spiro atoms. The predicted octanol–water partition coefficient (Wildman–Crippen LogP) is 2.32. The summed E-state index contributed by atoms with van der Waals surface area (Å²) < 4.78 is 0. The Labute approximate surface area is 103 Å². The SMILES string of the molecule is CC(C)C(O)C(Nc1ncccn1)C(C)(C)C. The minimum atomic E-state index is -0.432. The first-order valence-corrected chi connectivity index (χ1v) is 6.04. The fraction of sp³-hybridized carbons (Fsp3) is 0.692. The fourth-order valence-electron chi connectivity index (χ4n) is 1.71. The Hall–Kier alpha value is -1.16. The van der Waals surface area contributed by atoms with Crippen LogP contribution in [0.5, 0.6) is 0 Å². The van der Waals surface area contributed by atoms with Crippen LogP contribution in [0.1, 0.15) is 34.6 Å². The summed E-state index contributed by atoms with van der Waals surface area (Å²) in [6, 6.07) is 1.70. The largest absolute Gasteiger partial charge is 0.391 e. The average Bonchev–Trinajstić information content (AvgIpc) is 2.24. The number of aromatic nitrogens is 2. The summed E-state index contributed by atoms with van der Waals surface area (Å²) in [7, 11) is 0. The molecule has 0 aliphatic rings. The van der Waals surface area contributed by atoms with Crippen molar-refractivity contribution in [1.29, 1.82) is 0 Å². The Morgan fingerprint density at radius 2 is 1.71 bits per heavy atom. The molecular weight excluding hydrogens is 214 g/mol. The number of nitrogens with zero attached hydrogens (tertiary/aromatic N) is 2. The van der Waals surface area contributed by atoms with Gasteiger partial charge in [0.2, 0.25) is 5.95 Å². The van der Waals surface area contributed by atoms with Crippen molar-refractivity contribution in [2.24, 2.45) is 11.3 Å². The molecule has 0 aliphatic carbocycles. The van der Waals surface area contributed by atoms with E-state index in [4.69, 9.17) is 0 Å². The molecule has 4 nitrogen and oxygen atoms in total. The second kappa shape index (κ2) is 5.45. The Bertz CT molecular complexity index is 332. The molecule has 0 aliphatic heterocycles. The molecule has 2 atom stereocenters. The Morgan fingerprint density at radius 3 is 2.12 bits per heavy atom. The highest BCUT2D eigenvalue weighted by Crippen LogP contribution is 2.27. The maximum absolute atomic E-state index is 10.3. The van der Waals surface area contributed by atoms with E-state index >= 15 is 0 Å². The lowest BCUT2D eigenvalue weighted by Crippen LogP contribution is -2.46. The van der Waals surface area contributed by atoms with Crippen molar-refractivity contribution in [3.63, 3.8) is 0 Å². The smallest absolute Gasteiger partial charge is 0.222 e. The molecular formula is C13H23N3O. The van der Waals surface area contributed by atoms with E-state index in [-0.39, 0.29) is 17.4 Å². The van der Waals surface area contributed by atoms with E-state index in [2.05, 4.69) is 36.1 Å². The van der Waals surface area contributed by atoms with Gasteiger partial charge in [0.1, 0.15) is 0 Å². The quantitative estimate of drug-likeness (QED) is 0.843. The first-order valence-electron chi connectivity index (χ1n) is 6.04. The van der Waals surface area contributed by atoms with Crippen LogP contribution in [0.2, 0.25) is 0 Å². The van der Waals surface area contributed by atoms with Crippen LogP contribution in [-0.4, -0.2) is 27.2 Å². The molecule has 2 N–H and O–H groups in total. The third-order valence-corrected chi connectivity index (χ3v) is 2.81. The van der Waals surface area contributed by atoms with E-state index in [1.807, 2.05) is 13.8 Å². The topological polar surface area (TPSA) is 58.0 Å². The molecule has 4 heteroatoms. The zero-order valence-electron chi connectivity index (χ0n) is 11.3. The zero-order chi connectivity index (χ0) is 13.1. The molecule has 1 heterocycles. The number of hydrogen-bond acceptors (Lipinski definition) is 4. The van der Waals surface area contributed by atoms with Crippen molar-refractivity contribution in [2.75, 3.05) is 5.32 Å². The van der Waals surface area contributed by atoms with Crippen molar-refractivity contribution in [3.8, 4) is 0 Å². The molecule has 2 unspecified atom stereocenters. The van der Waals surface area contributed by atoms with Crippen molar-refractivity contribution in [2.45, 2.75) is 46.8 Å². The molecule has 96 valence electrons. The van der Waals surface area contributed by atoms with Crippen LogP contribution in [0.25, 0.3) is 0 Å². The lowest BCUT2D eigenvalue weighted by atomic mass is 9.80. The second-order valence-electron chi connectivity index (χ2n) is 5.80. The van der Waals surface area contributed by atoms with Gasteiger partial charge < -0.3 is 10.4 Å². The molecule has 1 aromatic heterocycles. The van der Waals surface area contributed by atoms with Gasteiger partial charge >= 0.3 is 0 Å². The van der Waals surface area contributed by atoms with Gasteiger partial charge in [0.05, 0.1) is 12.1 Å². The molecule has 17 heavy (non-hydrogen) atoms. The van der Waals surface area contributed by atoms with Crippen molar-refractivity contribution >= 4 is 5.95 Å². The van der Waals surface area contributed by atoms with Gasteiger partial charge in [0.15, 0.2) is 0 Å². The molecule has 0 saturated carbocycles. The van der Waals surface area contributed by atoms with E-state index in [0.29, 0.717) is 5.95 Å². The summed E-state index contributed by atoms with van der Waals surface area (Å²) in [5, 5.41) is 13.5. The summed E-state index contributed by atoms with van der Waals surface area (Å²) in [5.74, 6) is 0.752. The number of hydrogen-bond donors (Lipinski definition) is 2. The first kappa shape index (κ1) is 13.9. The predicted molar refractivity (Wildman–Crippen MR) is 69.7 cm³/mol. The van der Waals surface area contributed by atoms with Crippen LogP contribution >= 0.6 is 0 Å². The molecule has 1 rings (SSSR count). The van der Waals surface area contributed by atoms with E-state index in [1.165, 1.54) is 0 Å². The number of rotatable bonds is 4. The molecule has 0 fully saturated rings. The maximum Gasteiger partial charge on any atom is 0.222 e. The van der Waals surface area contributed by atoms with Crippen LogP contribution in [0.4, 0.5) is 5.95 Å². The number of aliphatic hydroxyl groups is 1. The van der Waals surface area contributed by atoms with Crippen LogP contribution in [0, 0.1) is 11.3 Å². The highest BCUT2D eigenvalue weighted by Gasteiger charge is 2.33. The molecule has 0 bridgehead atoms. The summed E-state index contributed by atoms with van der Waals surface area (Å²) in [6.45, 7) is 10.3. The zero-order valence-corrected chi connectivity index (χ0v) is 11.3. The standard InChI is InChI=1S/C13H23N3O/c1-9(2)10(17)11(13(3,4)5)16-12-14-7-6-8-15-12/h6-11,17H,1-5H3,(H,14,15,16). The Kier molecular flexibility index (Phi) is 4.46. The van der Waals surface area contributed by atoms with Crippen LogP contribution in [-0.2, 0) is 0 Å². The van der Waals surface area contributed by atoms with Crippen LogP contribution in [0.3, 0.4) is 0 Å². The molecule has 0 saturated heterocycles. The number of aliphatic hydroxyl groups excluding tert-OH is 1. The Balaban J connectivity index is 2.86. The van der Waals surface area contributed by atoms with E-state index in [1.54, 1.807) is 18.5 Å². The highest BCUT2D eigenvalue weighted by atomic mass is 16.3. The van der Waals surface area contributed by atoms with Crippen molar-refractivity contribution in [1.82, 2.24) is 9.97 Å². The minimum Gasteiger partial charge on any atom is -0.391 e. The van der Waals surface area contributed by atoms with Gasteiger partial charge in [0, 0.05) is 12.4 Å². The highest BCUT2D eigenvalue weighted by molar-refractivity contribution is 5.26. The molecule has 0 radical (unpaired) electrons. The van der Waals surface area contributed by atoms with Gasteiger partial charge in [-0.2, -0.15) is 0 Å². The number of anilines is 1. The summed E-state index contributed by atoms with van der Waals surface area (Å²) in [4.78, 5) is 8.28. The summed E-state index contributed by atoms with van der Waals surface area (Å²) in [6.07, 6.45) is 2.95. The normalized spacial score (nSPS) is 15.7. The third kappa shape index (κ3) is 3.97. The summed E-state index contributed by atoms with van der Waals surface area (Å²) >= 11 is 0. The third-order valence-electron chi connectivity index (χ3n) is 2.81. The first-order chi connectivity index (χ1) is 7.82. The van der Waals surface area contributed by atoms with Crippen LogP contribution in [0.15, 0.2) is 18.5 Å². The van der Waals surface area contributed by atoms with Gasteiger partial charge in [-0.25, -0.2) is 9.97 Å². The van der Waals surface area contributed by atoms with E-state index in [0.717, 1.165) is 0 Å². The van der Waals surface area contributed by atoms with Gasteiger partial charge in [0.25, 0.3) is 0 Å². The molecule has 0 amide bonds. The van der Waals surface area contributed by atoms with Gasteiger partial charge in [-0.3, -0.25) is 0 Å². The van der Waals surface area contributed by atoms with Gasteiger partial charge in [-0.05, 0) is 17.4 Å². The fourth-order valence-corrected chi connectivity index (χ4v) is 1.71. The van der Waals surface area contributed by atoms with Crippen molar-refractivity contribution in [3.05, 3.63) is 18.5 Å².